The van der Waals surface area contributed by atoms with Gasteiger partial charge in [-0.3, -0.25) is 4.79 Å². The van der Waals surface area contributed by atoms with Gasteiger partial charge in [-0.25, -0.2) is 0 Å². The van der Waals surface area contributed by atoms with Gasteiger partial charge in [0.2, 0.25) is 11.1 Å². The summed E-state index contributed by atoms with van der Waals surface area (Å²) in [7, 11) is 0. The van der Waals surface area contributed by atoms with Crippen LogP contribution < -0.4 is 15.1 Å². The van der Waals surface area contributed by atoms with Crippen LogP contribution in [-0.4, -0.2) is 46.6 Å². The molecule has 0 amide bonds. The monoisotopic (exact) mass is 459 g/mol. The largest absolute Gasteiger partial charge is 0.481 e. The van der Waals surface area contributed by atoms with E-state index in [1.54, 1.807) is 0 Å². The minimum atomic E-state index is -0.781. The molecule has 0 radical (unpaired) electrons. The van der Waals surface area contributed by atoms with Crippen molar-refractivity contribution < 1.29 is 9.90 Å². The zero-order valence-corrected chi connectivity index (χ0v) is 20.8. The summed E-state index contributed by atoms with van der Waals surface area (Å²) in [5.41, 5.74) is 3.10. The number of carboxylic acids is 1. The van der Waals surface area contributed by atoms with E-state index in [1.165, 1.54) is 24.4 Å². The molecular weight excluding hydrogens is 422 g/mol. The predicted molar refractivity (Wildman–Crippen MR) is 134 cm³/mol. The van der Waals surface area contributed by atoms with E-state index >= 15 is 0 Å². The van der Waals surface area contributed by atoms with Crippen LogP contribution in [0.15, 0.2) is 18.2 Å². The highest BCUT2D eigenvalue weighted by Crippen LogP contribution is 2.35. The van der Waals surface area contributed by atoms with E-state index in [1.807, 2.05) is 6.92 Å². The molecule has 1 aromatic carbocycles. The molecule has 1 fully saturated rings. The van der Waals surface area contributed by atoms with Crippen molar-refractivity contribution in [3.8, 4) is 0 Å². The first kappa shape index (κ1) is 24.3. The number of anilines is 4. The summed E-state index contributed by atoms with van der Waals surface area (Å²) in [6.45, 7) is 14.8. The van der Waals surface area contributed by atoms with Gasteiger partial charge in [0.15, 0.2) is 0 Å². The Balaban J connectivity index is 1.93. The lowest BCUT2D eigenvalue weighted by atomic mass is 9.96. The lowest BCUT2D eigenvalue weighted by Gasteiger charge is -2.31. The fourth-order valence-electron chi connectivity index (χ4n) is 4.20. The fraction of sp³-hybridized carbons (Fsp3) is 0.625. The first-order valence-electron chi connectivity index (χ1n) is 11.7. The summed E-state index contributed by atoms with van der Waals surface area (Å²) in [6.07, 6.45) is 2.49. The molecule has 1 saturated heterocycles. The maximum atomic E-state index is 11.3. The van der Waals surface area contributed by atoms with Crippen LogP contribution in [0.1, 0.15) is 65.4 Å². The van der Waals surface area contributed by atoms with E-state index in [-0.39, 0.29) is 12.3 Å². The topological polar surface area (TPSA) is 81.6 Å². The molecule has 0 saturated carbocycles. The second-order valence-electron chi connectivity index (χ2n) is 9.69. The Morgan fingerprint density at radius 1 is 1.16 bits per heavy atom. The number of hydrogen-bond donors (Lipinski definition) is 2. The highest BCUT2D eigenvalue weighted by atomic mass is 32.1. The van der Waals surface area contributed by atoms with Gasteiger partial charge in [-0.15, -0.1) is 0 Å². The Labute approximate surface area is 196 Å². The summed E-state index contributed by atoms with van der Waals surface area (Å²) < 4.78 is 4.57. The van der Waals surface area contributed by atoms with Gasteiger partial charge in [0, 0.05) is 37.7 Å². The third-order valence-electron chi connectivity index (χ3n) is 5.63. The third kappa shape index (κ3) is 6.58. The Kier molecular flexibility index (Phi) is 8.34. The second kappa shape index (κ2) is 11.0. The third-order valence-corrected chi connectivity index (χ3v) is 6.25. The predicted octanol–water partition coefficient (Wildman–Crippen LogP) is 5.58. The summed E-state index contributed by atoms with van der Waals surface area (Å²) in [5, 5.41) is 13.5. The van der Waals surface area contributed by atoms with Gasteiger partial charge in [0.05, 0.1) is 17.8 Å². The van der Waals surface area contributed by atoms with Gasteiger partial charge in [-0.05, 0) is 48.3 Å². The quantitative estimate of drug-likeness (QED) is 0.454. The van der Waals surface area contributed by atoms with Gasteiger partial charge < -0.3 is 20.2 Å². The molecule has 2 aromatic rings. The van der Waals surface area contributed by atoms with Crippen molar-refractivity contribution in [1.82, 2.24) is 9.36 Å². The molecule has 1 aromatic heterocycles. The summed E-state index contributed by atoms with van der Waals surface area (Å²) in [6, 6.07) is 6.29. The molecule has 1 unspecified atom stereocenters. The molecule has 0 aliphatic carbocycles. The van der Waals surface area contributed by atoms with E-state index in [9.17, 15) is 9.90 Å². The Hall–Kier alpha value is -2.35. The maximum Gasteiger partial charge on any atom is 0.303 e. The van der Waals surface area contributed by atoms with E-state index < -0.39 is 5.97 Å². The lowest BCUT2D eigenvalue weighted by Crippen LogP contribution is -2.31. The number of hydrogen-bond acceptors (Lipinski definition) is 7. The molecule has 1 atom stereocenters. The highest BCUT2D eigenvalue weighted by Gasteiger charge is 2.20. The average molecular weight is 460 g/mol. The van der Waals surface area contributed by atoms with Crippen LogP contribution >= 0.6 is 11.5 Å². The van der Waals surface area contributed by atoms with Crippen molar-refractivity contribution >= 4 is 40.0 Å². The lowest BCUT2D eigenvalue weighted by molar-refractivity contribution is -0.137. The Morgan fingerprint density at radius 3 is 2.41 bits per heavy atom. The zero-order chi connectivity index (χ0) is 23.3. The number of carboxylic acid groups (broad SMARTS) is 1. The molecule has 3 rings (SSSR count). The number of aliphatic carboxylic acids is 1. The summed E-state index contributed by atoms with van der Waals surface area (Å²) in [4.78, 5) is 20.7. The van der Waals surface area contributed by atoms with Gasteiger partial charge >= 0.3 is 5.97 Å². The number of carbonyl (C=O) groups is 1. The second-order valence-corrected chi connectivity index (χ2v) is 10.4. The maximum absolute atomic E-state index is 11.3. The van der Waals surface area contributed by atoms with Crippen LogP contribution in [-0.2, 0) is 4.79 Å². The van der Waals surface area contributed by atoms with Crippen molar-refractivity contribution in [2.75, 3.05) is 41.3 Å². The van der Waals surface area contributed by atoms with Crippen LogP contribution in [0.5, 0.6) is 0 Å². The summed E-state index contributed by atoms with van der Waals surface area (Å²) in [5.74, 6) is 0.996. The highest BCUT2D eigenvalue weighted by molar-refractivity contribution is 7.10. The van der Waals surface area contributed by atoms with Crippen molar-refractivity contribution in [3.05, 3.63) is 23.8 Å². The smallest absolute Gasteiger partial charge is 0.303 e. The molecule has 176 valence electrons. The van der Waals surface area contributed by atoms with Gasteiger partial charge in [-0.2, -0.15) is 9.36 Å². The molecule has 1 aliphatic rings. The van der Waals surface area contributed by atoms with E-state index in [0.717, 1.165) is 54.2 Å². The Morgan fingerprint density at radius 2 is 1.81 bits per heavy atom. The molecule has 1 aliphatic heterocycles. The number of rotatable bonds is 11. The molecule has 8 heteroatoms. The fourth-order valence-corrected chi connectivity index (χ4v) is 4.80. The SMILES string of the molecule is CC(C)CN(CC(C)C)c1ccc(C(C)CC(=O)O)cc1Nc1nc(N2CCCC2)ns1. The molecule has 7 nitrogen and oxygen atoms in total. The standard InChI is InChI=1S/C24H37N5O2S/c1-16(2)14-29(15-17(3)4)21-9-8-19(18(5)12-22(30)31)13-20(21)25-24-26-23(27-32-24)28-10-6-7-11-28/h8-9,13,16-18H,6-7,10-12,14-15H2,1-5H3,(H,30,31)(H,25,26,27). The molecular formula is C24H37N5O2S. The minimum absolute atomic E-state index is 0.0691. The summed E-state index contributed by atoms with van der Waals surface area (Å²) >= 11 is 1.38. The minimum Gasteiger partial charge on any atom is -0.481 e. The molecule has 2 heterocycles. The number of benzene rings is 1. The van der Waals surface area contributed by atoms with Crippen molar-refractivity contribution in [2.45, 2.75) is 59.8 Å². The zero-order valence-electron chi connectivity index (χ0n) is 20.0. The van der Waals surface area contributed by atoms with Gasteiger partial charge in [-0.1, -0.05) is 40.7 Å². The first-order valence-corrected chi connectivity index (χ1v) is 12.5. The average Bonchev–Trinajstić information content (AvgIpc) is 3.38. The van der Waals surface area contributed by atoms with Crippen LogP contribution in [0.4, 0.5) is 22.5 Å². The van der Waals surface area contributed by atoms with Crippen molar-refractivity contribution in [2.24, 2.45) is 11.8 Å². The van der Waals surface area contributed by atoms with Crippen molar-refractivity contribution in [3.63, 3.8) is 0 Å². The van der Waals surface area contributed by atoms with Gasteiger partial charge in [0.25, 0.3) is 0 Å². The van der Waals surface area contributed by atoms with Crippen LogP contribution in [0, 0.1) is 11.8 Å². The molecule has 0 bridgehead atoms. The molecule has 0 spiro atoms. The van der Waals surface area contributed by atoms with E-state index in [0.29, 0.717) is 11.8 Å². The van der Waals surface area contributed by atoms with Crippen LogP contribution in [0.3, 0.4) is 0 Å². The number of nitrogens with zero attached hydrogens (tertiary/aromatic N) is 4. The molecule has 32 heavy (non-hydrogen) atoms. The van der Waals surface area contributed by atoms with Crippen LogP contribution in [0.25, 0.3) is 0 Å². The number of nitrogens with one attached hydrogen (secondary N) is 1. The first-order chi connectivity index (χ1) is 15.2. The van der Waals surface area contributed by atoms with Crippen molar-refractivity contribution in [1.29, 1.82) is 0 Å². The van der Waals surface area contributed by atoms with Crippen LogP contribution in [0.2, 0.25) is 0 Å². The molecule has 2 N–H and O–H groups in total. The Bertz CT molecular complexity index is 882. The normalized spacial score (nSPS) is 14.9. The van der Waals surface area contributed by atoms with E-state index in [4.69, 9.17) is 4.98 Å². The van der Waals surface area contributed by atoms with E-state index in [2.05, 4.69) is 65.4 Å². The number of aromatic nitrogens is 2. The van der Waals surface area contributed by atoms with Gasteiger partial charge in [0.1, 0.15) is 0 Å².